The van der Waals surface area contributed by atoms with E-state index in [1.165, 1.54) is 6.42 Å². The molecule has 0 aliphatic carbocycles. The maximum atomic E-state index is 12.6. The van der Waals surface area contributed by atoms with Crippen LogP contribution in [0.2, 0.25) is 0 Å². The zero-order chi connectivity index (χ0) is 14.7. The number of nitrogens with zero attached hydrogens (tertiary/aromatic N) is 1. The molecule has 2 rings (SSSR count). The smallest absolute Gasteiger partial charge is 0.255 e. The van der Waals surface area contributed by atoms with Crippen LogP contribution < -0.4 is 5.73 Å². The molecular formula is C16H23BrN2O. The minimum atomic E-state index is 0.0689. The molecule has 0 bridgehead atoms. The van der Waals surface area contributed by atoms with E-state index in [-0.39, 0.29) is 5.91 Å². The van der Waals surface area contributed by atoms with E-state index in [1.807, 2.05) is 17.0 Å². The number of nitrogens with two attached hydrogens (primary N) is 1. The van der Waals surface area contributed by atoms with Gasteiger partial charge in [-0.2, -0.15) is 0 Å². The lowest BCUT2D eigenvalue weighted by atomic mass is 9.89. The van der Waals surface area contributed by atoms with Crippen molar-refractivity contribution in [3.05, 3.63) is 28.2 Å². The molecule has 0 radical (unpaired) electrons. The molecule has 1 fully saturated rings. The number of nitrogen functional groups attached to an aromatic ring is 1. The monoisotopic (exact) mass is 338 g/mol. The first-order valence-electron chi connectivity index (χ1n) is 7.33. The lowest BCUT2D eigenvalue weighted by Crippen LogP contribution is -2.32. The van der Waals surface area contributed by atoms with Crippen molar-refractivity contribution in [3.63, 3.8) is 0 Å². The van der Waals surface area contributed by atoms with Crippen molar-refractivity contribution in [2.24, 2.45) is 11.8 Å². The van der Waals surface area contributed by atoms with E-state index in [0.29, 0.717) is 17.2 Å². The van der Waals surface area contributed by atoms with Crippen molar-refractivity contribution >= 4 is 27.5 Å². The van der Waals surface area contributed by atoms with E-state index in [4.69, 9.17) is 5.73 Å². The lowest BCUT2D eigenvalue weighted by molar-refractivity contribution is 0.0760. The van der Waals surface area contributed by atoms with Gasteiger partial charge in [0.05, 0.1) is 5.56 Å². The maximum absolute atomic E-state index is 12.6. The van der Waals surface area contributed by atoms with Gasteiger partial charge in [0.25, 0.3) is 5.91 Å². The highest BCUT2D eigenvalue weighted by atomic mass is 79.9. The second kappa shape index (κ2) is 6.61. The van der Waals surface area contributed by atoms with E-state index < -0.39 is 0 Å². The van der Waals surface area contributed by atoms with Gasteiger partial charge in [-0.05, 0) is 49.3 Å². The molecule has 1 amide bonds. The SMILES string of the molecule is CC(C)C1CCCN(C(=O)c2ccc(Br)cc2N)CC1. The summed E-state index contributed by atoms with van der Waals surface area (Å²) >= 11 is 3.37. The molecule has 1 saturated heterocycles. The quantitative estimate of drug-likeness (QED) is 0.830. The van der Waals surface area contributed by atoms with Crippen LogP contribution >= 0.6 is 15.9 Å². The van der Waals surface area contributed by atoms with Gasteiger partial charge in [0.15, 0.2) is 0 Å². The molecule has 1 atom stereocenters. The fourth-order valence-corrected chi connectivity index (χ4v) is 3.27. The normalized spacial score (nSPS) is 20.0. The van der Waals surface area contributed by atoms with Crippen LogP contribution in [-0.4, -0.2) is 23.9 Å². The zero-order valence-corrected chi connectivity index (χ0v) is 13.8. The summed E-state index contributed by atoms with van der Waals surface area (Å²) in [4.78, 5) is 14.6. The number of likely N-dealkylation sites (tertiary alicyclic amines) is 1. The van der Waals surface area contributed by atoms with Crippen LogP contribution in [0.3, 0.4) is 0 Å². The molecule has 1 aliphatic rings. The molecule has 0 aromatic heterocycles. The van der Waals surface area contributed by atoms with E-state index in [2.05, 4.69) is 29.8 Å². The van der Waals surface area contributed by atoms with Gasteiger partial charge in [0, 0.05) is 23.2 Å². The third-order valence-corrected chi connectivity index (χ3v) is 4.74. The van der Waals surface area contributed by atoms with Crippen LogP contribution in [0.1, 0.15) is 43.5 Å². The highest BCUT2D eigenvalue weighted by Crippen LogP contribution is 2.26. The highest BCUT2D eigenvalue weighted by Gasteiger charge is 2.24. The fraction of sp³-hybridized carbons (Fsp3) is 0.562. The Morgan fingerprint density at radius 2 is 2.10 bits per heavy atom. The number of amides is 1. The summed E-state index contributed by atoms with van der Waals surface area (Å²) in [6.07, 6.45) is 3.40. The Morgan fingerprint density at radius 1 is 1.35 bits per heavy atom. The Morgan fingerprint density at radius 3 is 2.75 bits per heavy atom. The van der Waals surface area contributed by atoms with Gasteiger partial charge in [-0.15, -0.1) is 0 Å². The summed E-state index contributed by atoms with van der Waals surface area (Å²) in [5.41, 5.74) is 7.14. The number of carbonyl (C=O) groups is 1. The van der Waals surface area contributed by atoms with Gasteiger partial charge in [0.2, 0.25) is 0 Å². The van der Waals surface area contributed by atoms with E-state index >= 15 is 0 Å². The first kappa shape index (κ1) is 15.4. The van der Waals surface area contributed by atoms with Crippen LogP contribution in [0.4, 0.5) is 5.69 Å². The third kappa shape index (κ3) is 3.54. The number of carbonyl (C=O) groups excluding carboxylic acids is 1. The maximum Gasteiger partial charge on any atom is 0.255 e. The summed E-state index contributed by atoms with van der Waals surface area (Å²) in [6.45, 7) is 6.23. The van der Waals surface area contributed by atoms with Gasteiger partial charge in [-0.3, -0.25) is 4.79 Å². The Kier molecular flexibility index (Phi) is 5.08. The van der Waals surface area contributed by atoms with Gasteiger partial charge in [-0.1, -0.05) is 29.8 Å². The minimum Gasteiger partial charge on any atom is -0.398 e. The standard InChI is InChI=1S/C16H23BrN2O/c1-11(2)12-4-3-8-19(9-7-12)16(20)14-6-5-13(17)10-15(14)18/h5-6,10-12H,3-4,7-9,18H2,1-2H3. The molecule has 1 aromatic rings. The first-order valence-corrected chi connectivity index (χ1v) is 8.12. The second-order valence-corrected chi connectivity index (χ2v) is 6.87. The molecule has 1 aliphatic heterocycles. The van der Waals surface area contributed by atoms with Crippen molar-refractivity contribution in [2.75, 3.05) is 18.8 Å². The second-order valence-electron chi connectivity index (χ2n) is 5.96. The summed E-state index contributed by atoms with van der Waals surface area (Å²) in [5, 5.41) is 0. The molecule has 3 nitrogen and oxygen atoms in total. The Labute approximate surface area is 129 Å². The van der Waals surface area contributed by atoms with Gasteiger partial charge < -0.3 is 10.6 Å². The molecule has 110 valence electrons. The Hall–Kier alpha value is -1.03. The highest BCUT2D eigenvalue weighted by molar-refractivity contribution is 9.10. The molecule has 2 N–H and O–H groups in total. The molecular weight excluding hydrogens is 316 g/mol. The zero-order valence-electron chi connectivity index (χ0n) is 12.2. The Balaban J connectivity index is 2.09. The average molecular weight is 339 g/mol. The van der Waals surface area contributed by atoms with Crippen molar-refractivity contribution in [3.8, 4) is 0 Å². The number of hydrogen-bond donors (Lipinski definition) is 1. The number of hydrogen-bond acceptors (Lipinski definition) is 2. The number of halogens is 1. The summed E-state index contributed by atoms with van der Waals surface area (Å²) in [6, 6.07) is 5.48. The van der Waals surface area contributed by atoms with Crippen molar-refractivity contribution in [1.82, 2.24) is 4.90 Å². The molecule has 4 heteroatoms. The van der Waals surface area contributed by atoms with Gasteiger partial charge in [-0.25, -0.2) is 0 Å². The van der Waals surface area contributed by atoms with Crippen LogP contribution in [-0.2, 0) is 0 Å². The van der Waals surface area contributed by atoms with Crippen LogP contribution in [0.15, 0.2) is 22.7 Å². The van der Waals surface area contributed by atoms with Crippen LogP contribution in [0, 0.1) is 11.8 Å². The minimum absolute atomic E-state index is 0.0689. The molecule has 20 heavy (non-hydrogen) atoms. The summed E-state index contributed by atoms with van der Waals surface area (Å²) < 4.78 is 0.905. The number of anilines is 1. The third-order valence-electron chi connectivity index (χ3n) is 4.25. The summed E-state index contributed by atoms with van der Waals surface area (Å²) in [7, 11) is 0. The van der Waals surface area contributed by atoms with Crippen molar-refractivity contribution in [1.29, 1.82) is 0 Å². The molecule has 1 aromatic carbocycles. The number of benzene rings is 1. The van der Waals surface area contributed by atoms with E-state index in [0.717, 1.165) is 36.3 Å². The largest absolute Gasteiger partial charge is 0.398 e. The average Bonchev–Trinajstić information content (AvgIpc) is 2.63. The first-order chi connectivity index (χ1) is 9.49. The predicted molar refractivity (Wildman–Crippen MR) is 86.6 cm³/mol. The van der Waals surface area contributed by atoms with Crippen molar-refractivity contribution < 1.29 is 4.79 Å². The van der Waals surface area contributed by atoms with Gasteiger partial charge >= 0.3 is 0 Å². The summed E-state index contributed by atoms with van der Waals surface area (Å²) in [5.74, 6) is 1.50. The molecule has 1 unspecified atom stereocenters. The van der Waals surface area contributed by atoms with Gasteiger partial charge in [0.1, 0.15) is 0 Å². The van der Waals surface area contributed by atoms with E-state index in [9.17, 15) is 4.79 Å². The molecule has 0 spiro atoms. The lowest BCUT2D eigenvalue weighted by Gasteiger charge is -2.22. The Bertz CT molecular complexity index is 487. The number of rotatable bonds is 2. The van der Waals surface area contributed by atoms with Crippen molar-refractivity contribution in [2.45, 2.75) is 33.1 Å². The van der Waals surface area contributed by atoms with Crippen LogP contribution in [0.25, 0.3) is 0 Å². The molecule has 1 heterocycles. The predicted octanol–water partition coefficient (Wildman–Crippen LogP) is 3.93. The topological polar surface area (TPSA) is 46.3 Å². The molecule has 0 saturated carbocycles. The fourth-order valence-electron chi connectivity index (χ4n) is 2.89. The van der Waals surface area contributed by atoms with Crippen LogP contribution in [0.5, 0.6) is 0 Å². The van der Waals surface area contributed by atoms with E-state index in [1.54, 1.807) is 6.07 Å².